The smallest absolute Gasteiger partial charge is 0.155 e. The van der Waals surface area contributed by atoms with Crippen LogP contribution in [0.1, 0.15) is 37.9 Å². The predicted octanol–water partition coefficient (Wildman–Crippen LogP) is 2.71. The molecule has 108 valence electrons. The maximum absolute atomic E-state index is 12.3. The molecule has 0 aliphatic rings. The Morgan fingerprint density at radius 1 is 1.11 bits per heavy atom. The fourth-order valence-electron chi connectivity index (χ4n) is 2.27. The Bertz CT molecular complexity index is 491. The quantitative estimate of drug-likeness (QED) is 0.873. The lowest BCUT2D eigenvalue weighted by molar-refractivity contribution is 0.523. The summed E-state index contributed by atoms with van der Waals surface area (Å²) in [5.74, 6) is 0.390. The molecule has 0 aromatic heterocycles. The monoisotopic (exact) mass is 283 g/mol. The Morgan fingerprint density at radius 2 is 1.63 bits per heavy atom. The largest absolute Gasteiger partial charge is 0.312 e. The van der Waals surface area contributed by atoms with Gasteiger partial charge in [-0.2, -0.15) is 0 Å². The minimum absolute atomic E-state index is 0.156. The number of aryl methyl sites for hydroxylation is 1. The first-order valence-corrected chi connectivity index (χ1v) is 8.45. The molecule has 2 atom stereocenters. The van der Waals surface area contributed by atoms with Crippen molar-refractivity contribution in [3.05, 3.63) is 35.4 Å². The Morgan fingerprint density at radius 3 is 2.05 bits per heavy atom. The molecule has 4 heteroatoms. The molecule has 0 spiro atoms. The number of rotatable bonds is 6. The molecule has 0 saturated carbocycles. The third kappa shape index (κ3) is 4.32. The molecule has 1 rings (SSSR count). The van der Waals surface area contributed by atoms with Crippen LogP contribution in [-0.2, 0) is 9.84 Å². The van der Waals surface area contributed by atoms with Gasteiger partial charge in [0.05, 0.1) is 11.0 Å². The second-order valence-electron chi connectivity index (χ2n) is 5.61. The second kappa shape index (κ2) is 6.53. The van der Waals surface area contributed by atoms with Gasteiger partial charge in [-0.25, -0.2) is 8.42 Å². The van der Waals surface area contributed by atoms with E-state index in [4.69, 9.17) is 0 Å². The third-order valence-electron chi connectivity index (χ3n) is 3.35. The summed E-state index contributed by atoms with van der Waals surface area (Å²) in [7, 11) is -1.28. The summed E-state index contributed by atoms with van der Waals surface area (Å²) in [6.45, 7) is 7.69. The number of sulfone groups is 1. The van der Waals surface area contributed by atoms with Gasteiger partial charge in [-0.1, -0.05) is 43.7 Å². The molecule has 1 aromatic rings. The summed E-state index contributed by atoms with van der Waals surface area (Å²) in [5, 5.41) is 2.71. The average molecular weight is 283 g/mol. The Balaban J connectivity index is 3.00. The first-order chi connectivity index (χ1) is 8.77. The van der Waals surface area contributed by atoms with Crippen LogP contribution in [0.2, 0.25) is 0 Å². The summed E-state index contributed by atoms with van der Waals surface area (Å²) in [6, 6.07) is 7.86. The van der Waals surface area contributed by atoms with E-state index in [1.807, 2.05) is 52.1 Å². The molecule has 1 aromatic carbocycles. The molecular formula is C15H25NO2S. The predicted molar refractivity (Wildman–Crippen MR) is 81.1 cm³/mol. The topological polar surface area (TPSA) is 46.2 Å². The number of hydrogen-bond acceptors (Lipinski definition) is 3. The van der Waals surface area contributed by atoms with Crippen LogP contribution < -0.4 is 5.32 Å². The summed E-state index contributed by atoms with van der Waals surface area (Å²) >= 11 is 0. The van der Waals surface area contributed by atoms with Gasteiger partial charge in [0, 0.05) is 6.04 Å². The van der Waals surface area contributed by atoms with Crippen LogP contribution in [0.25, 0.3) is 0 Å². The normalized spacial score (nSPS) is 15.5. The van der Waals surface area contributed by atoms with Crippen molar-refractivity contribution in [2.24, 2.45) is 5.92 Å². The lowest BCUT2D eigenvalue weighted by Crippen LogP contribution is -2.35. The van der Waals surface area contributed by atoms with Gasteiger partial charge in [-0.05, 0) is 32.4 Å². The molecule has 3 nitrogen and oxygen atoms in total. The molecule has 0 amide bonds. The van der Waals surface area contributed by atoms with Crippen LogP contribution in [0.4, 0.5) is 0 Å². The fraction of sp³-hybridized carbons (Fsp3) is 0.600. The van der Waals surface area contributed by atoms with Gasteiger partial charge in [-0.15, -0.1) is 0 Å². The highest BCUT2D eigenvalue weighted by Crippen LogP contribution is 2.23. The summed E-state index contributed by atoms with van der Waals surface area (Å²) in [4.78, 5) is 0. The molecular weight excluding hydrogens is 258 g/mol. The van der Waals surface area contributed by atoms with Gasteiger partial charge < -0.3 is 5.32 Å². The van der Waals surface area contributed by atoms with Crippen molar-refractivity contribution in [1.82, 2.24) is 5.32 Å². The van der Waals surface area contributed by atoms with E-state index in [2.05, 4.69) is 5.32 Å². The Hall–Kier alpha value is -0.870. The standard InChI is InChI=1S/C15H25NO2S/c1-11(2)10-19(17,18)13(4)15(16-5)14-8-6-12(3)7-9-14/h6-9,11,13,15-16H,10H2,1-5H3. The van der Waals surface area contributed by atoms with Gasteiger partial charge in [0.2, 0.25) is 0 Å². The molecule has 0 radical (unpaired) electrons. The third-order valence-corrected chi connectivity index (χ3v) is 5.89. The van der Waals surface area contributed by atoms with Crippen molar-refractivity contribution in [2.75, 3.05) is 12.8 Å². The molecule has 0 aliphatic heterocycles. The van der Waals surface area contributed by atoms with E-state index in [1.165, 1.54) is 5.56 Å². The van der Waals surface area contributed by atoms with Gasteiger partial charge in [-0.3, -0.25) is 0 Å². The highest BCUT2D eigenvalue weighted by Gasteiger charge is 2.29. The molecule has 0 fully saturated rings. The van der Waals surface area contributed by atoms with Gasteiger partial charge >= 0.3 is 0 Å². The summed E-state index contributed by atoms with van der Waals surface area (Å²) < 4.78 is 24.7. The highest BCUT2D eigenvalue weighted by atomic mass is 32.2. The minimum atomic E-state index is -3.09. The Labute approximate surface area is 117 Å². The highest BCUT2D eigenvalue weighted by molar-refractivity contribution is 7.92. The van der Waals surface area contributed by atoms with E-state index >= 15 is 0 Å². The molecule has 19 heavy (non-hydrogen) atoms. The van der Waals surface area contributed by atoms with Crippen LogP contribution in [0.5, 0.6) is 0 Å². The van der Waals surface area contributed by atoms with E-state index in [1.54, 1.807) is 6.92 Å². The van der Waals surface area contributed by atoms with E-state index in [9.17, 15) is 8.42 Å². The van der Waals surface area contributed by atoms with Gasteiger partial charge in [0.25, 0.3) is 0 Å². The SMILES string of the molecule is CNC(c1ccc(C)cc1)C(C)S(=O)(=O)CC(C)C. The molecule has 0 aliphatic carbocycles. The minimum Gasteiger partial charge on any atom is -0.312 e. The molecule has 0 bridgehead atoms. The van der Waals surface area contributed by atoms with Crippen LogP contribution in [0.3, 0.4) is 0 Å². The van der Waals surface area contributed by atoms with Crippen molar-refractivity contribution >= 4 is 9.84 Å². The van der Waals surface area contributed by atoms with Crippen LogP contribution in [-0.4, -0.2) is 26.5 Å². The molecule has 2 unspecified atom stereocenters. The van der Waals surface area contributed by atoms with Crippen LogP contribution in [0.15, 0.2) is 24.3 Å². The van der Waals surface area contributed by atoms with Gasteiger partial charge in [0.15, 0.2) is 9.84 Å². The van der Waals surface area contributed by atoms with Crippen LogP contribution in [0, 0.1) is 12.8 Å². The fourth-order valence-corrected chi connectivity index (χ4v) is 4.21. The summed E-state index contributed by atoms with van der Waals surface area (Å²) in [5.41, 5.74) is 2.20. The van der Waals surface area contributed by atoms with Gasteiger partial charge in [0.1, 0.15) is 0 Å². The molecule has 0 heterocycles. The summed E-state index contributed by atoms with van der Waals surface area (Å²) in [6.07, 6.45) is 0. The van der Waals surface area contributed by atoms with Crippen molar-refractivity contribution in [1.29, 1.82) is 0 Å². The molecule has 1 N–H and O–H groups in total. The van der Waals surface area contributed by atoms with E-state index < -0.39 is 15.1 Å². The van der Waals surface area contributed by atoms with Crippen molar-refractivity contribution in [3.63, 3.8) is 0 Å². The van der Waals surface area contributed by atoms with E-state index in [-0.39, 0.29) is 17.7 Å². The lowest BCUT2D eigenvalue weighted by atomic mass is 10.0. The van der Waals surface area contributed by atoms with Crippen LogP contribution >= 0.6 is 0 Å². The van der Waals surface area contributed by atoms with Crippen molar-refractivity contribution in [3.8, 4) is 0 Å². The zero-order valence-electron chi connectivity index (χ0n) is 12.5. The first kappa shape index (κ1) is 16.2. The first-order valence-electron chi connectivity index (χ1n) is 6.73. The van der Waals surface area contributed by atoms with Crippen molar-refractivity contribution < 1.29 is 8.42 Å². The maximum atomic E-state index is 12.3. The number of benzene rings is 1. The van der Waals surface area contributed by atoms with E-state index in [0.717, 1.165) is 5.56 Å². The lowest BCUT2D eigenvalue weighted by Gasteiger charge is -2.25. The number of hydrogen-bond donors (Lipinski definition) is 1. The van der Waals surface area contributed by atoms with Crippen molar-refractivity contribution in [2.45, 2.75) is 39.0 Å². The molecule has 0 saturated heterocycles. The van der Waals surface area contributed by atoms with E-state index in [0.29, 0.717) is 0 Å². The average Bonchev–Trinajstić information content (AvgIpc) is 2.30. The maximum Gasteiger partial charge on any atom is 0.155 e. The zero-order chi connectivity index (χ0) is 14.6. The Kier molecular flexibility index (Phi) is 5.56. The second-order valence-corrected chi connectivity index (χ2v) is 8.01. The number of nitrogens with one attached hydrogen (secondary N) is 1. The zero-order valence-corrected chi connectivity index (χ0v) is 13.3.